The van der Waals surface area contributed by atoms with Gasteiger partial charge in [0.15, 0.2) is 5.96 Å². The molecule has 0 bridgehead atoms. The highest BCUT2D eigenvalue weighted by molar-refractivity contribution is 7.98. The van der Waals surface area contributed by atoms with Crippen molar-refractivity contribution < 1.29 is 4.79 Å². The van der Waals surface area contributed by atoms with Crippen molar-refractivity contribution in [2.75, 3.05) is 25.6 Å². The molecule has 2 fully saturated rings. The van der Waals surface area contributed by atoms with Gasteiger partial charge in [-0.1, -0.05) is 6.42 Å². The number of nitrogens with one attached hydrogen (secondary N) is 3. The third-order valence-corrected chi connectivity index (χ3v) is 5.05. The van der Waals surface area contributed by atoms with Crippen LogP contribution in [0.1, 0.15) is 44.9 Å². The number of guanidine groups is 1. The van der Waals surface area contributed by atoms with Gasteiger partial charge < -0.3 is 16.0 Å². The number of carbonyl (C=O) groups is 1. The third kappa shape index (κ3) is 6.07. The smallest absolute Gasteiger partial charge is 0.223 e. The number of hydrogen-bond donors (Lipinski definition) is 3. The van der Waals surface area contributed by atoms with E-state index < -0.39 is 0 Å². The quantitative estimate of drug-likeness (QED) is 0.379. The van der Waals surface area contributed by atoms with Crippen molar-refractivity contribution in [2.24, 2.45) is 10.9 Å². The Hall–Kier alpha value is -0.910. The summed E-state index contributed by atoms with van der Waals surface area (Å²) in [4.78, 5) is 16.5. The largest absolute Gasteiger partial charge is 0.356 e. The second-order valence-electron chi connectivity index (χ2n) is 6.33. The Morgan fingerprint density at radius 2 is 2.00 bits per heavy atom. The average Bonchev–Trinajstić information content (AvgIpc) is 3.34. The number of thioether (sulfide) groups is 1. The van der Waals surface area contributed by atoms with Crippen LogP contribution in [0, 0.1) is 5.92 Å². The third-order valence-electron chi connectivity index (χ3n) is 4.35. The molecular weight excluding hydrogens is 296 g/mol. The van der Waals surface area contributed by atoms with Crippen LogP contribution in [0.15, 0.2) is 4.99 Å². The molecule has 0 aromatic carbocycles. The van der Waals surface area contributed by atoms with E-state index in [4.69, 9.17) is 0 Å². The van der Waals surface area contributed by atoms with Gasteiger partial charge in [0.2, 0.25) is 5.91 Å². The lowest BCUT2D eigenvalue weighted by atomic mass is 9.85. The van der Waals surface area contributed by atoms with Gasteiger partial charge in [-0.15, -0.1) is 0 Å². The zero-order valence-electron chi connectivity index (χ0n) is 13.9. The van der Waals surface area contributed by atoms with Gasteiger partial charge in [0.1, 0.15) is 0 Å². The molecule has 2 saturated carbocycles. The van der Waals surface area contributed by atoms with Crippen LogP contribution in [0.4, 0.5) is 0 Å². The predicted molar refractivity (Wildman–Crippen MR) is 94.4 cm³/mol. The van der Waals surface area contributed by atoms with Crippen LogP contribution in [0.2, 0.25) is 0 Å². The highest BCUT2D eigenvalue weighted by atomic mass is 32.2. The van der Waals surface area contributed by atoms with Crippen molar-refractivity contribution in [3.05, 3.63) is 0 Å². The maximum atomic E-state index is 12.2. The number of rotatable bonds is 7. The first-order valence-corrected chi connectivity index (χ1v) is 9.88. The second kappa shape index (κ2) is 9.28. The number of carbonyl (C=O) groups excluding carboxylic acids is 1. The molecule has 2 atom stereocenters. The summed E-state index contributed by atoms with van der Waals surface area (Å²) in [5.74, 6) is 2.46. The van der Waals surface area contributed by atoms with Gasteiger partial charge in [-0.2, -0.15) is 11.8 Å². The summed E-state index contributed by atoms with van der Waals surface area (Å²) in [6.45, 7) is 0.943. The SMILES string of the molecule is CN=C(NCCCSC)NC1CCCC(C(=O)NC2CC2)C1. The van der Waals surface area contributed by atoms with E-state index in [1.165, 1.54) is 0 Å². The number of hydrogen-bond acceptors (Lipinski definition) is 3. The Balaban J connectivity index is 1.72. The lowest BCUT2D eigenvalue weighted by Gasteiger charge is -2.30. The molecule has 1 amide bonds. The highest BCUT2D eigenvalue weighted by Gasteiger charge is 2.31. The van der Waals surface area contributed by atoms with E-state index in [2.05, 4.69) is 27.2 Å². The van der Waals surface area contributed by atoms with E-state index in [0.29, 0.717) is 12.1 Å². The topological polar surface area (TPSA) is 65.5 Å². The van der Waals surface area contributed by atoms with Crippen LogP contribution in [-0.2, 0) is 4.79 Å². The molecule has 2 unspecified atom stereocenters. The molecule has 2 aliphatic carbocycles. The monoisotopic (exact) mass is 326 g/mol. The van der Waals surface area contributed by atoms with Gasteiger partial charge in [0.05, 0.1) is 0 Å². The fraction of sp³-hybridized carbons (Fsp3) is 0.875. The van der Waals surface area contributed by atoms with Crippen molar-refractivity contribution in [2.45, 2.75) is 57.0 Å². The van der Waals surface area contributed by atoms with E-state index in [9.17, 15) is 4.79 Å². The molecule has 0 aromatic rings. The maximum Gasteiger partial charge on any atom is 0.223 e. The molecule has 0 aliphatic heterocycles. The zero-order valence-corrected chi connectivity index (χ0v) is 14.7. The summed E-state index contributed by atoms with van der Waals surface area (Å²) in [5, 5.41) is 10.00. The normalized spacial score (nSPS) is 25.6. The molecular formula is C16H30N4OS. The summed E-state index contributed by atoms with van der Waals surface area (Å²) in [6.07, 6.45) is 9.77. The molecule has 0 heterocycles. The number of aliphatic imine (C=N–C) groups is 1. The molecule has 22 heavy (non-hydrogen) atoms. The van der Waals surface area contributed by atoms with Crippen molar-refractivity contribution in [1.29, 1.82) is 0 Å². The van der Waals surface area contributed by atoms with Crippen molar-refractivity contribution in [3.8, 4) is 0 Å². The van der Waals surface area contributed by atoms with Crippen molar-refractivity contribution >= 4 is 23.6 Å². The van der Waals surface area contributed by atoms with Gasteiger partial charge in [-0.3, -0.25) is 9.79 Å². The van der Waals surface area contributed by atoms with Crippen LogP contribution in [-0.4, -0.2) is 49.6 Å². The molecule has 0 spiro atoms. The molecule has 5 nitrogen and oxygen atoms in total. The second-order valence-corrected chi connectivity index (χ2v) is 7.32. The number of amides is 1. The minimum Gasteiger partial charge on any atom is -0.356 e. The predicted octanol–water partition coefficient (Wildman–Crippen LogP) is 1.74. The van der Waals surface area contributed by atoms with E-state index in [0.717, 1.165) is 63.2 Å². The Kier molecular flexibility index (Phi) is 7.36. The van der Waals surface area contributed by atoms with Gasteiger partial charge in [0.25, 0.3) is 0 Å². The minimum atomic E-state index is 0.168. The summed E-state index contributed by atoms with van der Waals surface area (Å²) in [5.41, 5.74) is 0. The molecule has 126 valence electrons. The Morgan fingerprint density at radius 3 is 2.68 bits per heavy atom. The van der Waals surface area contributed by atoms with Crippen LogP contribution in [0.3, 0.4) is 0 Å². The molecule has 0 aromatic heterocycles. The van der Waals surface area contributed by atoms with Crippen LogP contribution in [0.5, 0.6) is 0 Å². The molecule has 2 aliphatic rings. The van der Waals surface area contributed by atoms with Gasteiger partial charge in [-0.25, -0.2) is 0 Å². The first kappa shape index (κ1) is 17.4. The van der Waals surface area contributed by atoms with E-state index >= 15 is 0 Å². The zero-order chi connectivity index (χ0) is 15.8. The lowest BCUT2D eigenvalue weighted by Crippen LogP contribution is -2.47. The fourth-order valence-electron chi connectivity index (χ4n) is 2.92. The van der Waals surface area contributed by atoms with Crippen LogP contribution in [0.25, 0.3) is 0 Å². The summed E-state index contributed by atoms with van der Waals surface area (Å²) < 4.78 is 0. The van der Waals surface area contributed by atoms with E-state index in [1.54, 1.807) is 0 Å². The number of nitrogens with zero attached hydrogens (tertiary/aromatic N) is 1. The fourth-order valence-corrected chi connectivity index (χ4v) is 3.35. The lowest BCUT2D eigenvalue weighted by molar-refractivity contribution is -0.126. The van der Waals surface area contributed by atoms with Crippen molar-refractivity contribution in [3.63, 3.8) is 0 Å². The molecule has 3 N–H and O–H groups in total. The van der Waals surface area contributed by atoms with Crippen LogP contribution >= 0.6 is 11.8 Å². The Morgan fingerprint density at radius 1 is 1.18 bits per heavy atom. The van der Waals surface area contributed by atoms with E-state index in [1.807, 2.05) is 18.8 Å². The minimum absolute atomic E-state index is 0.168. The molecule has 0 radical (unpaired) electrons. The Bertz CT molecular complexity index is 384. The standard InChI is InChI=1S/C16H30N4OS/c1-17-16(18-9-4-10-22-2)20-14-6-3-5-12(11-14)15(21)19-13-7-8-13/h12-14H,3-11H2,1-2H3,(H,19,21)(H2,17,18,20). The van der Waals surface area contributed by atoms with Crippen LogP contribution < -0.4 is 16.0 Å². The van der Waals surface area contributed by atoms with Gasteiger partial charge >= 0.3 is 0 Å². The summed E-state index contributed by atoms with van der Waals surface area (Å²) in [6, 6.07) is 0.821. The molecule has 6 heteroatoms. The van der Waals surface area contributed by atoms with Crippen molar-refractivity contribution in [1.82, 2.24) is 16.0 Å². The molecule has 0 saturated heterocycles. The Labute approximate surface area is 138 Å². The summed E-state index contributed by atoms with van der Waals surface area (Å²) >= 11 is 1.87. The summed E-state index contributed by atoms with van der Waals surface area (Å²) in [7, 11) is 1.81. The van der Waals surface area contributed by atoms with Gasteiger partial charge in [0, 0.05) is 31.6 Å². The van der Waals surface area contributed by atoms with Gasteiger partial charge in [-0.05, 0) is 50.5 Å². The molecule has 2 rings (SSSR count). The highest BCUT2D eigenvalue weighted by Crippen LogP contribution is 2.26. The van der Waals surface area contributed by atoms with E-state index in [-0.39, 0.29) is 11.8 Å². The first-order chi connectivity index (χ1) is 10.7. The average molecular weight is 327 g/mol. The maximum absolute atomic E-state index is 12.2. The first-order valence-electron chi connectivity index (χ1n) is 8.49.